The highest BCUT2D eigenvalue weighted by Gasteiger charge is 2.25. The maximum atomic E-state index is 12.7. The van der Waals surface area contributed by atoms with E-state index in [-0.39, 0.29) is 10.8 Å². The van der Waals surface area contributed by atoms with Crippen LogP contribution < -0.4 is 10.0 Å². The van der Waals surface area contributed by atoms with Crippen LogP contribution in [0.25, 0.3) is 0 Å². The van der Waals surface area contributed by atoms with E-state index in [1.165, 1.54) is 0 Å². The summed E-state index contributed by atoms with van der Waals surface area (Å²) in [5.41, 5.74) is 2.00. The normalized spacial score (nSPS) is 16.7. The van der Waals surface area contributed by atoms with Crippen molar-refractivity contribution < 1.29 is 13.3 Å². The van der Waals surface area contributed by atoms with Crippen LogP contribution in [0.1, 0.15) is 44.9 Å². The van der Waals surface area contributed by atoms with Crippen molar-refractivity contribution in [1.82, 2.24) is 4.72 Å². The van der Waals surface area contributed by atoms with Crippen molar-refractivity contribution in [2.24, 2.45) is 0 Å². The van der Waals surface area contributed by atoms with Crippen LogP contribution in [0.2, 0.25) is 0 Å². The molecule has 1 N–H and O–H groups in total. The highest BCUT2D eigenvalue weighted by Crippen LogP contribution is 2.41. The van der Waals surface area contributed by atoms with Crippen LogP contribution in [0.4, 0.5) is 0 Å². The first-order chi connectivity index (χ1) is 12.1. The van der Waals surface area contributed by atoms with Crippen LogP contribution in [-0.4, -0.2) is 22.2 Å². The van der Waals surface area contributed by atoms with E-state index in [2.05, 4.69) is 4.72 Å². The largest absolute Gasteiger partial charge is 0.326 e. The molecule has 0 spiro atoms. The summed E-state index contributed by atoms with van der Waals surface area (Å²) in [6.45, 7) is 9.70. The molecule has 142 valence electrons. The average molecular weight is 393 g/mol. The molecule has 3 atom stereocenters. The van der Waals surface area contributed by atoms with Crippen LogP contribution in [0.15, 0.2) is 54.6 Å². The molecule has 2 aromatic rings. The number of rotatable bonds is 7. The minimum Gasteiger partial charge on any atom is -0.326 e. The van der Waals surface area contributed by atoms with Gasteiger partial charge in [0.25, 0.3) is 0 Å². The molecular weight excluding hydrogens is 365 g/mol. The minimum atomic E-state index is -2.80. The maximum Gasteiger partial charge on any atom is 0.229 e. The second-order valence-electron chi connectivity index (χ2n) is 7.20. The molecule has 0 fully saturated rings. The molecule has 0 saturated carbocycles. The standard InChI is InChI=1S/C20H28NO3PS/c1-6-24-25(5,22)18-14-12-17(13-15-18)19(16-10-8-7-9-11-16)21-26(23)20(2,3)4/h7-15,19,21H,6H2,1-5H3/t19-,25?,26-/m1/s1. The fourth-order valence-electron chi connectivity index (χ4n) is 2.52. The van der Waals surface area contributed by atoms with Crippen LogP contribution in [-0.2, 0) is 20.1 Å². The van der Waals surface area contributed by atoms with Gasteiger partial charge in [0, 0.05) is 12.0 Å². The van der Waals surface area contributed by atoms with Crippen molar-refractivity contribution in [2.75, 3.05) is 13.3 Å². The van der Waals surface area contributed by atoms with E-state index >= 15 is 0 Å². The van der Waals surface area contributed by atoms with Gasteiger partial charge in [-0.25, -0.2) is 8.93 Å². The van der Waals surface area contributed by atoms with Gasteiger partial charge in [0.1, 0.15) is 0 Å². The van der Waals surface area contributed by atoms with Crippen molar-refractivity contribution in [3.63, 3.8) is 0 Å². The average Bonchev–Trinajstić information content (AvgIpc) is 2.59. The van der Waals surface area contributed by atoms with Crippen LogP contribution in [0, 0.1) is 0 Å². The van der Waals surface area contributed by atoms with Crippen molar-refractivity contribution in [3.05, 3.63) is 65.7 Å². The molecule has 0 saturated heterocycles. The summed E-state index contributed by atoms with van der Waals surface area (Å²) in [6.07, 6.45) is 0. The van der Waals surface area contributed by atoms with E-state index in [0.717, 1.165) is 11.1 Å². The highest BCUT2D eigenvalue weighted by atomic mass is 32.2. The fourth-order valence-corrected chi connectivity index (χ4v) is 4.69. The Kier molecular flexibility index (Phi) is 6.98. The van der Waals surface area contributed by atoms with Gasteiger partial charge in [-0.05, 0) is 51.0 Å². The smallest absolute Gasteiger partial charge is 0.229 e. The van der Waals surface area contributed by atoms with E-state index in [1.807, 2.05) is 82.3 Å². The lowest BCUT2D eigenvalue weighted by Gasteiger charge is -2.25. The van der Waals surface area contributed by atoms with Gasteiger partial charge < -0.3 is 4.52 Å². The number of hydrogen-bond donors (Lipinski definition) is 1. The molecule has 0 amide bonds. The van der Waals surface area contributed by atoms with Crippen molar-refractivity contribution in [3.8, 4) is 0 Å². The second kappa shape index (κ2) is 8.62. The molecule has 1 unspecified atom stereocenters. The molecule has 0 radical (unpaired) electrons. The Morgan fingerprint density at radius 3 is 2.08 bits per heavy atom. The zero-order valence-corrected chi connectivity index (χ0v) is 17.8. The first-order valence-electron chi connectivity index (χ1n) is 8.70. The zero-order valence-electron chi connectivity index (χ0n) is 16.1. The first kappa shape index (κ1) is 21.0. The lowest BCUT2D eigenvalue weighted by Crippen LogP contribution is -2.36. The molecule has 0 aliphatic carbocycles. The van der Waals surface area contributed by atoms with Gasteiger partial charge in [-0.15, -0.1) is 0 Å². The van der Waals surface area contributed by atoms with E-state index in [0.29, 0.717) is 11.9 Å². The van der Waals surface area contributed by atoms with Crippen molar-refractivity contribution in [1.29, 1.82) is 0 Å². The third-order valence-electron chi connectivity index (χ3n) is 3.98. The van der Waals surface area contributed by atoms with E-state index in [4.69, 9.17) is 4.52 Å². The topological polar surface area (TPSA) is 55.4 Å². The van der Waals surface area contributed by atoms with Gasteiger partial charge in [0.05, 0.1) is 28.4 Å². The van der Waals surface area contributed by atoms with Crippen LogP contribution in [0.5, 0.6) is 0 Å². The van der Waals surface area contributed by atoms with Crippen LogP contribution in [0.3, 0.4) is 0 Å². The van der Waals surface area contributed by atoms with Gasteiger partial charge >= 0.3 is 0 Å². The van der Waals surface area contributed by atoms with Crippen LogP contribution >= 0.6 is 7.37 Å². The lowest BCUT2D eigenvalue weighted by molar-refractivity contribution is 0.345. The molecule has 0 aliphatic rings. The third kappa shape index (κ3) is 5.37. The Balaban J connectivity index is 2.37. The Morgan fingerprint density at radius 1 is 1.04 bits per heavy atom. The predicted octanol–water partition coefficient (Wildman–Crippen LogP) is 4.40. The Morgan fingerprint density at radius 2 is 1.58 bits per heavy atom. The fraction of sp³-hybridized carbons (Fsp3) is 0.400. The quantitative estimate of drug-likeness (QED) is 0.710. The summed E-state index contributed by atoms with van der Waals surface area (Å²) in [4.78, 5) is 0. The number of nitrogens with one attached hydrogen (secondary N) is 1. The molecule has 4 nitrogen and oxygen atoms in total. The third-order valence-corrected chi connectivity index (χ3v) is 7.53. The highest BCUT2D eigenvalue weighted by molar-refractivity contribution is 7.84. The molecule has 0 bridgehead atoms. The maximum absolute atomic E-state index is 12.7. The first-order valence-corrected chi connectivity index (χ1v) is 11.9. The van der Waals surface area contributed by atoms with Gasteiger partial charge in [0.2, 0.25) is 7.37 Å². The summed E-state index contributed by atoms with van der Waals surface area (Å²) < 4.78 is 33.5. The Labute approximate surface area is 159 Å². The summed E-state index contributed by atoms with van der Waals surface area (Å²) in [5.74, 6) is 0. The molecule has 2 aromatic carbocycles. The van der Waals surface area contributed by atoms with Gasteiger partial charge in [-0.3, -0.25) is 4.57 Å². The van der Waals surface area contributed by atoms with Gasteiger partial charge in [-0.1, -0.05) is 42.5 Å². The number of benzene rings is 2. The van der Waals surface area contributed by atoms with Crippen molar-refractivity contribution >= 4 is 23.7 Å². The molecule has 26 heavy (non-hydrogen) atoms. The molecule has 6 heteroatoms. The number of hydrogen-bond acceptors (Lipinski definition) is 3. The molecule has 0 aromatic heterocycles. The minimum absolute atomic E-state index is 0.214. The molecular formula is C20H28NO3PS. The molecule has 0 aliphatic heterocycles. The van der Waals surface area contributed by atoms with Crippen molar-refractivity contribution in [2.45, 2.75) is 38.5 Å². The lowest BCUT2D eigenvalue weighted by atomic mass is 10.00. The second-order valence-corrected chi connectivity index (χ2v) is 11.7. The molecule has 0 heterocycles. The SMILES string of the molecule is CCOP(C)(=O)c1ccc([C@H](N[S@](=O)C(C)(C)C)c2ccccc2)cc1. The Bertz CT molecular complexity index is 785. The summed E-state index contributed by atoms with van der Waals surface area (Å²) in [5, 5.41) is 0.687. The zero-order chi connectivity index (χ0) is 19.4. The summed E-state index contributed by atoms with van der Waals surface area (Å²) in [6, 6.07) is 17.2. The monoisotopic (exact) mass is 393 g/mol. The molecule has 2 rings (SSSR count). The van der Waals surface area contributed by atoms with Gasteiger partial charge in [0.15, 0.2) is 0 Å². The Hall–Kier alpha value is -1.26. The van der Waals surface area contributed by atoms with E-state index in [1.54, 1.807) is 6.66 Å². The predicted molar refractivity (Wildman–Crippen MR) is 111 cm³/mol. The van der Waals surface area contributed by atoms with Gasteiger partial charge in [-0.2, -0.15) is 0 Å². The summed E-state index contributed by atoms with van der Waals surface area (Å²) in [7, 11) is -4.02. The van der Waals surface area contributed by atoms with E-state index < -0.39 is 18.4 Å². The summed E-state index contributed by atoms with van der Waals surface area (Å²) >= 11 is 0. The van der Waals surface area contributed by atoms with E-state index in [9.17, 15) is 8.77 Å².